The first-order valence-electron chi connectivity index (χ1n) is 5.41. The molecule has 0 radical (unpaired) electrons. The van der Waals surface area contributed by atoms with E-state index in [1.165, 1.54) is 0 Å². The molecule has 1 heterocycles. The third kappa shape index (κ3) is 3.91. The van der Waals surface area contributed by atoms with Gasteiger partial charge in [0.05, 0.1) is 11.5 Å². The molecule has 0 bridgehead atoms. The zero-order valence-electron chi connectivity index (χ0n) is 9.32. The van der Waals surface area contributed by atoms with Gasteiger partial charge >= 0.3 is 0 Å². The summed E-state index contributed by atoms with van der Waals surface area (Å²) in [6.07, 6.45) is 1.16. The number of carbonyl (C=O) groups is 1. The maximum absolute atomic E-state index is 11.6. The molecule has 0 aromatic heterocycles. The van der Waals surface area contributed by atoms with Crippen molar-refractivity contribution < 1.29 is 13.2 Å². The predicted molar refractivity (Wildman–Crippen MR) is 59.5 cm³/mol. The van der Waals surface area contributed by atoms with Crippen LogP contribution in [0.25, 0.3) is 0 Å². The topological polar surface area (TPSA) is 63.2 Å². The first-order chi connectivity index (χ1) is 6.94. The summed E-state index contributed by atoms with van der Waals surface area (Å²) >= 11 is 0. The second-order valence-corrected chi connectivity index (χ2v) is 6.47. The van der Waals surface area contributed by atoms with Gasteiger partial charge in [0, 0.05) is 24.9 Å². The van der Waals surface area contributed by atoms with Crippen molar-refractivity contribution in [2.75, 3.05) is 18.1 Å². The molecule has 2 unspecified atom stereocenters. The monoisotopic (exact) mass is 233 g/mol. The molecule has 1 rings (SSSR count). The van der Waals surface area contributed by atoms with Crippen molar-refractivity contribution in [3.8, 4) is 0 Å². The SMILES string of the molecule is CCC(C)C(=O)CC1CS(=O)(=O)CCN1. The minimum absolute atomic E-state index is 0.0384. The molecule has 1 N–H and O–H groups in total. The molecule has 4 nitrogen and oxygen atoms in total. The van der Waals surface area contributed by atoms with E-state index in [0.29, 0.717) is 13.0 Å². The fraction of sp³-hybridized carbons (Fsp3) is 0.900. The van der Waals surface area contributed by atoms with E-state index < -0.39 is 9.84 Å². The standard InChI is InChI=1S/C10H19NO3S/c1-3-8(2)10(12)6-9-7-15(13,14)5-4-11-9/h8-9,11H,3-7H2,1-2H3. The molecule has 1 aliphatic heterocycles. The summed E-state index contributed by atoms with van der Waals surface area (Å²) in [6, 6.07) is -0.176. The van der Waals surface area contributed by atoms with Crippen molar-refractivity contribution in [2.45, 2.75) is 32.7 Å². The lowest BCUT2D eigenvalue weighted by Crippen LogP contribution is -2.46. The molecule has 0 amide bonds. The Morgan fingerprint density at radius 3 is 2.73 bits per heavy atom. The summed E-state index contributed by atoms with van der Waals surface area (Å²) in [5, 5.41) is 3.08. The lowest BCUT2D eigenvalue weighted by atomic mass is 9.98. The highest BCUT2D eigenvalue weighted by atomic mass is 32.2. The van der Waals surface area contributed by atoms with Crippen LogP contribution >= 0.6 is 0 Å². The molecule has 15 heavy (non-hydrogen) atoms. The number of hydrogen-bond acceptors (Lipinski definition) is 4. The molecule has 88 valence electrons. The lowest BCUT2D eigenvalue weighted by Gasteiger charge is -2.23. The largest absolute Gasteiger partial charge is 0.312 e. The van der Waals surface area contributed by atoms with Gasteiger partial charge in [-0.2, -0.15) is 0 Å². The third-order valence-corrected chi connectivity index (χ3v) is 4.65. The molecule has 0 aromatic carbocycles. The molecule has 0 saturated carbocycles. The van der Waals surface area contributed by atoms with E-state index in [1.807, 2.05) is 13.8 Å². The van der Waals surface area contributed by atoms with E-state index in [1.54, 1.807) is 0 Å². The molecular weight excluding hydrogens is 214 g/mol. The van der Waals surface area contributed by atoms with E-state index in [4.69, 9.17) is 0 Å². The van der Waals surface area contributed by atoms with Gasteiger partial charge in [0.25, 0.3) is 0 Å². The Morgan fingerprint density at radius 2 is 2.20 bits per heavy atom. The van der Waals surface area contributed by atoms with E-state index in [-0.39, 0.29) is 29.2 Å². The maximum atomic E-state index is 11.6. The number of carbonyl (C=O) groups excluding carboxylic acids is 1. The van der Waals surface area contributed by atoms with Gasteiger partial charge in [-0.3, -0.25) is 4.79 Å². The van der Waals surface area contributed by atoms with Gasteiger partial charge < -0.3 is 5.32 Å². The average molecular weight is 233 g/mol. The lowest BCUT2D eigenvalue weighted by molar-refractivity contribution is -0.122. The van der Waals surface area contributed by atoms with Crippen molar-refractivity contribution in [3.63, 3.8) is 0 Å². The molecular formula is C10H19NO3S. The zero-order valence-corrected chi connectivity index (χ0v) is 10.1. The van der Waals surface area contributed by atoms with Crippen molar-refractivity contribution in [1.82, 2.24) is 5.32 Å². The number of sulfone groups is 1. The summed E-state index contributed by atoms with van der Waals surface area (Å²) in [7, 11) is -2.92. The van der Waals surface area contributed by atoms with Gasteiger partial charge in [0.2, 0.25) is 0 Å². The average Bonchev–Trinajstić information content (AvgIpc) is 2.14. The van der Waals surface area contributed by atoms with Gasteiger partial charge in [-0.15, -0.1) is 0 Å². The molecule has 1 aliphatic rings. The van der Waals surface area contributed by atoms with Crippen LogP contribution in [0.5, 0.6) is 0 Å². The fourth-order valence-corrected chi connectivity index (χ4v) is 3.11. The van der Waals surface area contributed by atoms with Crippen molar-refractivity contribution in [3.05, 3.63) is 0 Å². The summed E-state index contributed by atoms with van der Waals surface area (Å²) in [6.45, 7) is 4.33. The molecule has 1 saturated heterocycles. The number of Topliss-reactive ketones (excluding diaryl/α,β-unsaturated/α-hetero) is 1. The fourth-order valence-electron chi connectivity index (χ4n) is 1.67. The van der Waals surface area contributed by atoms with Crippen molar-refractivity contribution in [2.24, 2.45) is 5.92 Å². The van der Waals surface area contributed by atoms with Crippen LogP contribution in [0.3, 0.4) is 0 Å². The van der Waals surface area contributed by atoms with E-state index in [9.17, 15) is 13.2 Å². The third-order valence-electron chi connectivity index (χ3n) is 2.91. The Kier molecular flexibility index (Phi) is 4.28. The highest BCUT2D eigenvalue weighted by molar-refractivity contribution is 7.91. The van der Waals surface area contributed by atoms with Gasteiger partial charge in [-0.25, -0.2) is 8.42 Å². The second kappa shape index (κ2) is 5.07. The number of ketones is 1. The molecule has 0 spiro atoms. The summed E-state index contributed by atoms with van der Waals surface area (Å²) < 4.78 is 22.7. The van der Waals surface area contributed by atoms with Crippen molar-refractivity contribution >= 4 is 15.6 Å². The Balaban J connectivity index is 2.49. The highest BCUT2D eigenvalue weighted by Crippen LogP contribution is 2.11. The van der Waals surface area contributed by atoms with Gasteiger partial charge in [0.1, 0.15) is 5.78 Å². The van der Waals surface area contributed by atoms with Crippen LogP contribution in [0.1, 0.15) is 26.7 Å². The maximum Gasteiger partial charge on any atom is 0.153 e. The Bertz CT molecular complexity index is 324. The Morgan fingerprint density at radius 1 is 1.53 bits per heavy atom. The van der Waals surface area contributed by atoms with Crippen LogP contribution in [0.2, 0.25) is 0 Å². The van der Waals surface area contributed by atoms with E-state index in [0.717, 1.165) is 6.42 Å². The predicted octanol–water partition coefficient (Wildman–Crippen LogP) is 0.378. The van der Waals surface area contributed by atoms with Crippen molar-refractivity contribution in [1.29, 1.82) is 0 Å². The Labute approximate surface area is 91.4 Å². The van der Waals surface area contributed by atoms with E-state index >= 15 is 0 Å². The minimum atomic E-state index is -2.92. The summed E-state index contributed by atoms with van der Waals surface area (Å²) in [4.78, 5) is 11.6. The Hall–Kier alpha value is -0.420. The summed E-state index contributed by atoms with van der Waals surface area (Å²) in [5.41, 5.74) is 0. The first-order valence-corrected chi connectivity index (χ1v) is 7.23. The molecule has 5 heteroatoms. The number of nitrogens with one attached hydrogen (secondary N) is 1. The summed E-state index contributed by atoms with van der Waals surface area (Å²) in [5.74, 6) is 0.499. The van der Waals surface area contributed by atoms with Gasteiger partial charge in [0.15, 0.2) is 9.84 Å². The van der Waals surface area contributed by atoms with Gasteiger partial charge in [-0.1, -0.05) is 13.8 Å². The first kappa shape index (κ1) is 12.6. The van der Waals surface area contributed by atoms with Crippen LogP contribution < -0.4 is 5.32 Å². The van der Waals surface area contributed by atoms with Crippen LogP contribution in [0.4, 0.5) is 0 Å². The number of hydrogen-bond donors (Lipinski definition) is 1. The smallest absolute Gasteiger partial charge is 0.153 e. The highest BCUT2D eigenvalue weighted by Gasteiger charge is 2.26. The molecule has 1 fully saturated rings. The second-order valence-electron chi connectivity index (χ2n) is 4.25. The molecule has 2 atom stereocenters. The molecule has 0 aromatic rings. The van der Waals surface area contributed by atoms with Crippen LogP contribution in [0, 0.1) is 5.92 Å². The van der Waals surface area contributed by atoms with Crippen LogP contribution in [0.15, 0.2) is 0 Å². The molecule has 0 aliphatic carbocycles. The normalized spacial score (nSPS) is 27.2. The minimum Gasteiger partial charge on any atom is -0.312 e. The van der Waals surface area contributed by atoms with Crippen LogP contribution in [-0.4, -0.2) is 38.3 Å². The van der Waals surface area contributed by atoms with E-state index in [2.05, 4.69) is 5.32 Å². The van der Waals surface area contributed by atoms with Crippen LogP contribution in [-0.2, 0) is 14.6 Å². The quantitative estimate of drug-likeness (QED) is 0.762. The number of rotatable bonds is 4. The van der Waals surface area contributed by atoms with Gasteiger partial charge in [-0.05, 0) is 6.42 Å². The zero-order chi connectivity index (χ0) is 11.5.